The summed E-state index contributed by atoms with van der Waals surface area (Å²) >= 11 is 0. The molecule has 7 nitrogen and oxygen atoms in total. The van der Waals surface area contributed by atoms with Gasteiger partial charge in [0.15, 0.2) is 0 Å². The van der Waals surface area contributed by atoms with Crippen LogP contribution in [0.4, 0.5) is 5.69 Å². The third kappa shape index (κ3) is 5.04. The third-order valence-electron chi connectivity index (χ3n) is 3.87. The molecular formula is C18H26N2O5S. The second-order valence-electron chi connectivity index (χ2n) is 5.87. The zero-order valence-corrected chi connectivity index (χ0v) is 16.1. The summed E-state index contributed by atoms with van der Waals surface area (Å²) in [5.41, 5.74) is 0.349. The molecule has 1 aromatic rings. The second kappa shape index (κ2) is 9.68. The van der Waals surface area contributed by atoms with Gasteiger partial charge >= 0.3 is 5.97 Å². The Morgan fingerprint density at radius 2 is 1.88 bits per heavy atom. The summed E-state index contributed by atoms with van der Waals surface area (Å²) in [4.78, 5) is 16.4. The predicted octanol–water partition coefficient (Wildman–Crippen LogP) is 2.88. The average molecular weight is 382 g/mol. The van der Waals surface area contributed by atoms with Gasteiger partial charge in [-0.15, -0.1) is 0 Å². The fourth-order valence-electron chi connectivity index (χ4n) is 2.60. The smallest absolute Gasteiger partial charge is 0.313 e. The molecule has 26 heavy (non-hydrogen) atoms. The third-order valence-corrected chi connectivity index (χ3v) is 5.75. The van der Waals surface area contributed by atoms with Crippen LogP contribution in [-0.4, -0.2) is 50.9 Å². The van der Waals surface area contributed by atoms with Gasteiger partial charge in [0.25, 0.3) is 10.0 Å². The van der Waals surface area contributed by atoms with Crippen molar-refractivity contribution >= 4 is 27.5 Å². The van der Waals surface area contributed by atoms with Crippen molar-refractivity contribution in [2.24, 2.45) is 4.99 Å². The average Bonchev–Trinajstić information content (AvgIpc) is 2.60. The molecule has 0 atom stereocenters. The first kappa shape index (κ1) is 20.4. The van der Waals surface area contributed by atoms with Crippen molar-refractivity contribution in [2.45, 2.75) is 44.4 Å². The number of rotatable bonds is 10. The summed E-state index contributed by atoms with van der Waals surface area (Å²) in [6, 6.07) is 6.54. The highest BCUT2D eigenvalue weighted by Gasteiger charge is 2.34. The van der Waals surface area contributed by atoms with Gasteiger partial charge in [0.05, 0.1) is 12.3 Å². The molecule has 0 saturated heterocycles. The Kier molecular flexibility index (Phi) is 7.59. The molecule has 0 unspecified atom stereocenters. The van der Waals surface area contributed by atoms with Crippen molar-refractivity contribution in [1.82, 2.24) is 4.31 Å². The number of carbonyl (C=O) groups is 1. The number of aliphatic imine (C=N–C) groups is 1. The Bertz CT molecular complexity index is 746. The van der Waals surface area contributed by atoms with Gasteiger partial charge in [0, 0.05) is 19.8 Å². The first-order valence-corrected chi connectivity index (χ1v) is 10.4. The van der Waals surface area contributed by atoms with E-state index in [4.69, 9.17) is 9.47 Å². The monoisotopic (exact) mass is 382 g/mol. The molecule has 0 fully saturated rings. The highest BCUT2D eigenvalue weighted by Crippen LogP contribution is 2.32. The molecule has 1 aliphatic heterocycles. The van der Waals surface area contributed by atoms with E-state index in [-0.39, 0.29) is 30.3 Å². The van der Waals surface area contributed by atoms with Crippen LogP contribution < -0.4 is 0 Å². The van der Waals surface area contributed by atoms with Crippen LogP contribution in [0.5, 0.6) is 0 Å². The summed E-state index contributed by atoms with van der Waals surface area (Å²) in [6.45, 7) is 5.36. The predicted molar refractivity (Wildman–Crippen MR) is 99.0 cm³/mol. The van der Waals surface area contributed by atoms with E-state index < -0.39 is 16.0 Å². The van der Waals surface area contributed by atoms with Gasteiger partial charge in [-0.3, -0.25) is 9.10 Å². The van der Waals surface area contributed by atoms with Crippen LogP contribution in [-0.2, 0) is 24.3 Å². The van der Waals surface area contributed by atoms with Crippen molar-refractivity contribution in [3.63, 3.8) is 0 Å². The van der Waals surface area contributed by atoms with Crippen molar-refractivity contribution in [3.8, 4) is 0 Å². The second-order valence-corrected chi connectivity index (χ2v) is 7.70. The molecule has 0 aliphatic carbocycles. The summed E-state index contributed by atoms with van der Waals surface area (Å²) in [6.07, 6.45) is 2.36. The van der Waals surface area contributed by atoms with E-state index in [9.17, 15) is 13.2 Å². The lowest BCUT2D eigenvalue weighted by molar-refractivity contribution is -0.141. The van der Waals surface area contributed by atoms with Gasteiger partial charge in [0.1, 0.15) is 17.2 Å². The Morgan fingerprint density at radius 3 is 2.62 bits per heavy atom. The Labute approximate surface area is 155 Å². The van der Waals surface area contributed by atoms with E-state index >= 15 is 0 Å². The number of benzene rings is 1. The molecular weight excluding hydrogens is 356 g/mol. The van der Waals surface area contributed by atoms with Crippen molar-refractivity contribution < 1.29 is 22.7 Å². The summed E-state index contributed by atoms with van der Waals surface area (Å²) in [5, 5.41) is 0. The topological polar surface area (TPSA) is 85.3 Å². The van der Waals surface area contributed by atoms with Gasteiger partial charge in [0.2, 0.25) is 0 Å². The molecule has 0 radical (unpaired) electrons. The Balaban J connectivity index is 2.17. The fraction of sp³-hybridized carbons (Fsp3) is 0.556. The van der Waals surface area contributed by atoms with Crippen LogP contribution in [0.25, 0.3) is 0 Å². The number of carbonyl (C=O) groups excluding carboxylic acids is 1. The van der Waals surface area contributed by atoms with Crippen molar-refractivity contribution in [1.29, 1.82) is 0 Å². The summed E-state index contributed by atoms with van der Waals surface area (Å²) < 4.78 is 37.6. The van der Waals surface area contributed by atoms with Gasteiger partial charge < -0.3 is 9.47 Å². The molecule has 1 aromatic carbocycles. The number of esters is 1. The first-order chi connectivity index (χ1) is 12.5. The molecule has 8 heteroatoms. The van der Waals surface area contributed by atoms with E-state index in [1.165, 1.54) is 10.4 Å². The number of para-hydroxylation sites is 1. The highest BCUT2D eigenvalue weighted by molar-refractivity contribution is 7.90. The molecule has 2 rings (SSSR count). The molecule has 0 bridgehead atoms. The van der Waals surface area contributed by atoms with Crippen LogP contribution in [0.2, 0.25) is 0 Å². The van der Waals surface area contributed by atoms with E-state index in [0.29, 0.717) is 25.3 Å². The fourth-order valence-corrected chi connectivity index (χ4v) is 4.21. The molecule has 0 aromatic heterocycles. The maximum absolute atomic E-state index is 13.0. The summed E-state index contributed by atoms with van der Waals surface area (Å²) in [7, 11) is -3.75. The lowest BCUT2D eigenvalue weighted by atomic mass is 10.3. The van der Waals surface area contributed by atoms with Gasteiger partial charge in [-0.05, 0) is 31.9 Å². The number of unbranched alkanes of at least 4 members (excludes halogenated alkanes) is 1. The molecule has 0 amide bonds. The van der Waals surface area contributed by atoms with Crippen LogP contribution in [0.15, 0.2) is 34.2 Å². The number of sulfonamides is 1. The minimum Gasteiger partial charge on any atom is -0.466 e. The molecule has 1 heterocycles. The van der Waals surface area contributed by atoms with Crippen LogP contribution in [0, 0.1) is 0 Å². The van der Waals surface area contributed by atoms with Crippen LogP contribution in [0.1, 0.15) is 39.5 Å². The van der Waals surface area contributed by atoms with E-state index in [1.54, 1.807) is 25.1 Å². The maximum Gasteiger partial charge on any atom is 0.313 e. The number of amidine groups is 1. The SMILES string of the molecule is CCCCOCCCN1C(CC(=O)OCC)=Nc2ccccc2S1(=O)=O. The molecule has 0 spiro atoms. The van der Waals surface area contributed by atoms with Crippen LogP contribution >= 0.6 is 0 Å². The standard InChI is InChI=1S/C18H26N2O5S/c1-3-5-12-24-13-8-11-20-17(14-18(21)25-4-2)19-15-9-6-7-10-16(15)26(20,22)23/h6-7,9-10H,3-5,8,11-14H2,1-2H3. The molecule has 0 N–H and O–H groups in total. The molecule has 144 valence electrons. The normalized spacial score (nSPS) is 15.3. The number of nitrogens with zero attached hydrogens (tertiary/aromatic N) is 2. The zero-order chi connectivity index (χ0) is 19.0. The lowest BCUT2D eigenvalue weighted by Gasteiger charge is -2.29. The van der Waals surface area contributed by atoms with E-state index in [1.807, 2.05) is 0 Å². The lowest BCUT2D eigenvalue weighted by Crippen LogP contribution is -2.41. The van der Waals surface area contributed by atoms with Gasteiger partial charge in [-0.2, -0.15) is 0 Å². The minimum absolute atomic E-state index is 0.152. The quantitative estimate of drug-likeness (QED) is 0.459. The molecule has 0 saturated carbocycles. The van der Waals surface area contributed by atoms with Crippen molar-refractivity contribution in [2.75, 3.05) is 26.4 Å². The number of fused-ring (bicyclic) bond motifs is 1. The zero-order valence-electron chi connectivity index (χ0n) is 15.3. The largest absolute Gasteiger partial charge is 0.466 e. The van der Waals surface area contributed by atoms with Crippen LogP contribution in [0.3, 0.4) is 0 Å². The summed E-state index contributed by atoms with van der Waals surface area (Å²) in [5.74, 6) is -0.305. The van der Waals surface area contributed by atoms with E-state index in [0.717, 1.165) is 12.8 Å². The highest BCUT2D eigenvalue weighted by atomic mass is 32.2. The number of hydrogen-bond acceptors (Lipinski definition) is 6. The minimum atomic E-state index is -3.75. The van der Waals surface area contributed by atoms with Gasteiger partial charge in [-0.25, -0.2) is 13.4 Å². The number of hydrogen-bond donors (Lipinski definition) is 0. The first-order valence-electron chi connectivity index (χ1n) is 8.93. The van der Waals surface area contributed by atoms with E-state index in [2.05, 4.69) is 11.9 Å². The Morgan fingerprint density at radius 1 is 1.15 bits per heavy atom. The van der Waals surface area contributed by atoms with Gasteiger partial charge in [-0.1, -0.05) is 25.5 Å². The molecule has 1 aliphatic rings. The maximum atomic E-state index is 13.0. The van der Waals surface area contributed by atoms with Crippen molar-refractivity contribution in [3.05, 3.63) is 24.3 Å². The number of ether oxygens (including phenoxy) is 2. The Hall–Kier alpha value is -1.93.